The molecule has 6 rings (SSSR count). The monoisotopic (exact) mass is 864 g/mol. The lowest BCUT2D eigenvalue weighted by atomic mass is 9.85. The topological polar surface area (TPSA) is 195 Å². The molecular formula is C41H55F3N6O9S. The standard InChI is InChI=1S/C41H55F3N6O9S/c1-8-24-17-23(4)11-9-10-12-25-20-40(25,37(53)49-60(55,56)28-14-15-28)48-34(51)31-19-27(21-50(31)36(52)33(24)47-38(54)59-39(5,6)41(42,43)44)58-35-32(22(2)3)45-29-16-13-26(57-7)18-30(29)46-35/h10,12-13,16,18,22-25,27-28,31,33H,8-9,11,14-15,17,19-21H2,1-7H3,(H,47,54)(H,48,51)(H,49,53). The highest BCUT2D eigenvalue weighted by Gasteiger charge is 2.62. The van der Waals surface area contributed by atoms with E-state index in [1.54, 1.807) is 31.2 Å². The second kappa shape index (κ2) is 17.0. The minimum atomic E-state index is -4.92. The van der Waals surface area contributed by atoms with Crippen LogP contribution in [0.3, 0.4) is 0 Å². The smallest absolute Gasteiger partial charge is 0.427 e. The fourth-order valence-corrected chi connectivity index (χ4v) is 9.31. The number of amides is 4. The fourth-order valence-electron chi connectivity index (χ4n) is 7.94. The van der Waals surface area contributed by atoms with Crippen molar-refractivity contribution < 1.29 is 55.0 Å². The Morgan fingerprint density at radius 1 is 1.08 bits per heavy atom. The van der Waals surface area contributed by atoms with Gasteiger partial charge in [-0.2, -0.15) is 13.2 Å². The molecule has 330 valence electrons. The van der Waals surface area contributed by atoms with Gasteiger partial charge in [-0.3, -0.25) is 19.1 Å². The molecule has 0 spiro atoms. The summed E-state index contributed by atoms with van der Waals surface area (Å²) < 4.78 is 86.2. The van der Waals surface area contributed by atoms with Crippen molar-refractivity contribution in [3.05, 3.63) is 36.0 Å². The fraction of sp³-hybridized carbons (Fsp3) is 0.659. The Kier molecular flexibility index (Phi) is 12.7. The second-order valence-corrected chi connectivity index (χ2v) is 19.3. The molecule has 3 N–H and O–H groups in total. The van der Waals surface area contributed by atoms with E-state index in [1.165, 1.54) is 12.0 Å². The van der Waals surface area contributed by atoms with E-state index >= 15 is 0 Å². The number of methoxy groups -OCH3 is 1. The zero-order chi connectivity index (χ0) is 43.9. The number of benzene rings is 1. The summed E-state index contributed by atoms with van der Waals surface area (Å²) in [6.45, 7) is 8.73. The molecule has 2 saturated carbocycles. The molecule has 4 amide bonds. The molecule has 1 aromatic heterocycles. The molecular weight excluding hydrogens is 810 g/mol. The molecule has 4 aliphatic rings. The van der Waals surface area contributed by atoms with Crippen LogP contribution in [-0.2, 0) is 29.1 Å². The van der Waals surface area contributed by atoms with E-state index in [0.29, 0.717) is 74.8 Å². The second-order valence-electron chi connectivity index (χ2n) is 17.4. The summed E-state index contributed by atoms with van der Waals surface area (Å²) in [6, 6.07) is 2.42. The van der Waals surface area contributed by atoms with Crippen molar-refractivity contribution in [1.82, 2.24) is 30.2 Å². The number of halogens is 3. The van der Waals surface area contributed by atoms with Gasteiger partial charge in [0.25, 0.3) is 5.91 Å². The third kappa shape index (κ3) is 9.60. The highest BCUT2D eigenvalue weighted by atomic mass is 32.2. The zero-order valence-corrected chi connectivity index (χ0v) is 35.7. The van der Waals surface area contributed by atoms with Gasteiger partial charge in [0.2, 0.25) is 33.3 Å². The quantitative estimate of drug-likeness (QED) is 0.258. The first-order chi connectivity index (χ1) is 28.1. The predicted molar refractivity (Wildman–Crippen MR) is 213 cm³/mol. The van der Waals surface area contributed by atoms with Crippen LogP contribution in [0.25, 0.3) is 11.0 Å². The van der Waals surface area contributed by atoms with Crippen molar-refractivity contribution in [3.63, 3.8) is 0 Å². The van der Waals surface area contributed by atoms with Crippen molar-refractivity contribution in [2.24, 2.45) is 17.8 Å². The maximum absolute atomic E-state index is 15.0. The summed E-state index contributed by atoms with van der Waals surface area (Å²) >= 11 is 0. The summed E-state index contributed by atoms with van der Waals surface area (Å²) in [4.78, 5) is 67.4. The molecule has 15 nitrogen and oxygen atoms in total. The number of alkyl halides is 3. The normalized spacial score (nSPS) is 27.9. The van der Waals surface area contributed by atoms with Crippen LogP contribution < -0.4 is 24.8 Å². The number of fused-ring (bicyclic) bond motifs is 3. The molecule has 2 aliphatic heterocycles. The molecule has 2 aliphatic carbocycles. The third-order valence-corrected chi connectivity index (χ3v) is 13.8. The number of ether oxygens (including phenoxy) is 3. The lowest BCUT2D eigenvalue weighted by Crippen LogP contribution is -2.59. The molecule has 1 saturated heterocycles. The van der Waals surface area contributed by atoms with Gasteiger partial charge in [0.05, 0.1) is 29.9 Å². The number of carbonyl (C=O) groups excluding carboxylic acids is 4. The minimum Gasteiger partial charge on any atom is -0.497 e. The maximum atomic E-state index is 15.0. The molecule has 2 aromatic rings. The largest absolute Gasteiger partial charge is 0.497 e. The zero-order valence-electron chi connectivity index (χ0n) is 34.9. The summed E-state index contributed by atoms with van der Waals surface area (Å²) in [5, 5.41) is 4.54. The number of allylic oxidation sites excluding steroid dienone is 1. The van der Waals surface area contributed by atoms with E-state index < -0.39 is 86.4 Å². The van der Waals surface area contributed by atoms with Gasteiger partial charge in [0.15, 0.2) is 0 Å². The van der Waals surface area contributed by atoms with Gasteiger partial charge < -0.3 is 29.7 Å². The highest BCUT2D eigenvalue weighted by Crippen LogP contribution is 2.46. The van der Waals surface area contributed by atoms with Crippen molar-refractivity contribution in [2.75, 3.05) is 13.7 Å². The Bertz CT molecular complexity index is 2130. The molecule has 7 atom stereocenters. The van der Waals surface area contributed by atoms with E-state index in [-0.39, 0.29) is 37.1 Å². The number of rotatable bonds is 10. The van der Waals surface area contributed by atoms with Crippen molar-refractivity contribution in [2.45, 2.75) is 140 Å². The van der Waals surface area contributed by atoms with Crippen LogP contribution in [0.2, 0.25) is 0 Å². The average Bonchev–Trinajstić information content (AvgIpc) is 4.10. The van der Waals surface area contributed by atoms with E-state index in [0.717, 1.165) is 0 Å². The SMILES string of the molecule is CCC1CC(C)CCC=CC2CC2(C(=O)NS(=O)(=O)C2CC2)NC(=O)C2CC(Oc3nc4cc(OC)ccc4nc3C(C)C)CN2C(=O)C1NC(=O)OC(C)(C)C(F)(F)F. The van der Waals surface area contributed by atoms with Gasteiger partial charge in [-0.05, 0) is 76.3 Å². The van der Waals surface area contributed by atoms with Gasteiger partial charge in [0, 0.05) is 24.3 Å². The summed E-state index contributed by atoms with van der Waals surface area (Å²) in [7, 11) is -2.48. The summed E-state index contributed by atoms with van der Waals surface area (Å²) in [6.07, 6.45) is -0.943. The Balaban J connectivity index is 1.39. The number of carbonyl (C=O) groups is 4. The van der Waals surface area contributed by atoms with Crippen LogP contribution in [0.1, 0.15) is 105 Å². The number of sulfonamides is 1. The molecule has 3 heterocycles. The predicted octanol–water partition coefficient (Wildman–Crippen LogP) is 5.43. The Hall–Kier alpha value is -4.68. The van der Waals surface area contributed by atoms with Gasteiger partial charge in [-0.25, -0.2) is 23.2 Å². The highest BCUT2D eigenvalue weighted by molar-refractivity contribution is 7.91. The van der Waals surface area contributed by atoms with Crippen LogP contribution in [0.4, 0.5) is 18.0 Å². The van der Waals surface area contributed by atoms with E-state index in [1.807, 2.05) is 26.8 Å². The average molecular weight is 865 g/mol. The maximum Gasteiger partial charge on any atom is 0.427 e. The number of nitrogens with zero attached hydrogens (tertiary/aromatic N) is 3. The Morgan fingerprint density at radius 3 is 2.43 bits per heavy atom. The lowest BCUT2D eigenvalue weighted by molar-refractivity contribution is -0.244. The summed E-state index contributed by atoms with van der Waals surface area (Å²) in [5.74, 6) is -3.11. The minimum absolute atomic E-state index is 0.0369. The van der Waals surface area contributed by atoms with Crippen molar-refractivity contribution in [1.29, 1.82) is 0 Å². The first-order valence-corrected chi connectivity index (χ1v) is 22.1. The van der Waals surface area contributed by atoms with Crippen LogP contribution in [-0.4, -0.2) is 102 Å². The first-order valence-electron chi connectivity index (χ1n) is 20.5. The van der Waals surface area contributed by atoms with E-state index in [9.17, 15) is 40.8 Å². The number of alkyl carbamates (subject to hydrolysis) is 1. The lowest BCUT2D eigenvalue weighted by Gasteiger charge is -2.35. The van der Waals surface area contributed by atoms with Crippen molar-refractivity contribution in [3.8, 4) is 11.6 Å². The van der Waals surface area contributed by atoms with Gasteiger partial charge >= 0.3 is 12.3 Å². The molecule has 1 aromatic carbocycles. The number of hydrogen-bond acceptors (Lipinski definition) is 11. The van der Waals surface area contributed by atoms with Gasteiger partial charge in [-0.15, -0.1) is 0 Å². The van der Waals surface area contributed by atoms with E-state index in [4.69, 9.17) is 24.2 Å². The summed E-state index contributed by atoms with van der Waals surface area (Å²) in [5.41, 5.74) is -2.99. The third-order valence-electron chi connectivity index (χ3n) is 12.0. The van der Waals surface area contributed by atoms with Gasteiger partial charge in [-0.1, -0.05) is 46.3 Å². The molecule has 19 heteroatoms. The molecule has 0 radical (unpaired) electrons. The van der Waals surface area contributed by atoms with Crippen LogP contribution in [0.15, 0.2) is 30.4 Å². The van der Waals surface area contributed by atoms with Gasteiger partial charge in [0.1, 0.15) is 35.2 Å². The first kappa shape index (κ1) is 44.9. The Labute approximate surface area is 348 Å². The van der Waals surface area contributed by atoms with Crippen molar-refractivity contribution >= 4 is 44.9 Å². The van der Waals surface area contributed by atoms with Crippen LogP contribution in [0, 0.1) is 17.8 Å². The van der Waals surface area contributed by atoms with Crippen LogP contribution >= 0.6 is 0 Å². The Morgan fingerprint density at radius 2 is 1.80 bits per heavy atom. The molecule has 3 fully saturated rings. The molecule has 60 heavy (non-hydrogen) atoms. The number of aromatic nitrogens is 2. The van der Waals surface area contributed by atoms with Crippen LogP contribution in [0.5, 0.6) is 11.6 Å². The molecule has 0 bridgehead atoms. The molecule has 7 unspecified atom stereocenters. The number of nitrogens with one attached hydrogen (secondary N) is 3. The number of hydrogen-bond donors (Lipinski definition) is 3. The van der Waals surface area contributed by atoms with E-state index in [2.05, 4.69) is 15.4 Å².